The van der Waals surface area contributed by atoms with Crippen molar-refractivity contribution in [2.45, 2.75) is 6.92 Å². The zero-order valence-corrected chi connectivity index (χ0v) is 14.3. The first-order valence-corrected chi connectivity index (χ1v) is 7.80. The fraction of sp³-hybridized carbons (Fsp3) is 0.0714. The highest BCUT2D eigenvalue weighted by atomic mass is 79.9. The number of nitrogens with zero attached hydrogens (tertiary/aromatic N) is 1. The number of rotatable bonds is 1. The lowest BCUT2D eigenvalue weighted by molar-refractivity contribution is 1.06. The van der Waals surface area contributed by atoms with Crippen molar-refractivity contribution in [3.63, 3.8) is 0 Å². The van der Waals surface area contributed by atoms with Gasteiger partial charge in [0.05, 0.1) is 26.8 Å². The molecule has 6 heteroatoms. The molecule has 0 amide bonds. The van der Waals surface area contributed by atoms with E-state index >= 15 is 0 Å². The number of H-pyrrole nitrogens is 1. The van der Waals surface area contributed by atoms with Gasteiger partial charge in [0.15, 0.2) is 4.77 Å². The molecular weight excluding hydrogens is 379 g/mol. The maximum Gasteiger partial charge on any atom is 0.182 e. The largest absolute Gasteiger partial charge is 0.330 e. The average Bonchev–Trinajstić information content (AvgIpc) is 2.74. The predicted molar refractivity (Wildman–Crippen MR) is 90.9 cm³/mol. The highest BCUT2D eigenvalue weighted by molar-refractivity contribution is 9.10. The van der Waals surface area contributed by atoms with E-state index in [4.69, 9.17) is 35.4 Å². The maximum absolute atomic E-state index is 6.37. The summed E-state index contributed by atoms with van der Waals surface area (Å²) in [6.07, 6.45) is 0. The zero-order valence-electron chi connectivity index (χ0n) is 10.4. The Hall–Kier alpha value is -0.810. The number of hydrogen-bond donors (Lipinski definition) is 1. The van der Waals surface area contributed by atoms with Gasteiger partial charge in [0.25, 0.3) is 0 Å². The molecule has 0 fully saturated rings. The minimum Gasteiger partial charge on any atom is -0.330 e. The molecule has 0 atom stereocenters. The summed E-state index contributed by atoms with van der Waals surface area (Å²) in [5.41, 5.74) is 3.87. The minimum absolute atomic E-state index is 0.473. The molecule has 0 aliphatic rings. The molecule has 0 aliphatic carbocycles. The molecule has 2 nitrogen and oxygen atoms in total. The SMILES string of the molecule is Cc1cccc2[nH]c(=S)n(-c3ccc(Br)c(Cl)c3Cl)c12. The van der Waals surface area contributed by atoms with E-state index in [-0.39, 0.29) is 0 Å². The van der Waals surface area contributed by atoms with Crippen LogP contribution < -0.4 is 0 Å². The van der Waals surface area contributed by atoms with E-state index in [0.717, 1.165) is 26.8 Å². The molecule has 1 aromatic heterocycles. The lowest BCUT2D eigenvalue weighted by Gasteiger charge is -2.10. The third-order valence-electron chi connectivity index (χ3n) is 3.16. The third-order valence-corrected chi connectivity index (χ3v) is 5.21. The number of halogens is 3. The molecule has 0 saturated heterocycles. The summed E-state index contributed by atoms with van der Waals surface area (Å²) >= 11 is 21.4. The van der Waals surface area contributed by atoms with E-state index in [1.54, 1.807) is 0 Å². The number of para-hydroxylation sites is 1. The van der Waals surface area contributed by atoms with Crippen molar-refractivity contribution in [3.8, 4) is 5.69 Å². The molecule has 0 aliphatic heterocycles. The number of aryl methyl sites for hydroxylation is 1. The Morgan fingerprint density at radius 2 is 1.90 bits per heavy atom. The van der Waals surface area contributed by atoms with Crippen LogP contribution in [0.25, 0.3) is 16.7 Å². The van der Waals surface area contributed by atoms with Crippen LogP contribution in [0.3, 0.4) is 0 Å². The molecule has 1 heterocycles. The van der Waals surface area contributed by atoms with Gasteiger partial charge in [-0.1, -0.05) is 35.3 Å². The van der Waals surface area contributed by atoms with E-state index in [9.17, 15) is 0 Å². The highest BCUT2D eigenvalue weighted by Crippen LogP contribution is 2.36. The van der Waals surface area contributed by atoms with Crippen molar-refractivity contribution < 1.29 is 0 Å². The molecule has 0 radical (unpaired) electrons. The van der Waals surface area contributed by atoms with Crippen LogP contribution in [0.4, 0.5) is 0 Å². The number of fused-ring (bicyclic) bond motifs is 1. The summed E-state index contributed by atoms with van der Waals surface area (Å²) in [6.45, 7) is 2.04. The van der Waals surface area contributed by atoms with Gasteiger partial charge in [0.1, 0.15) is 0 Å². The molecule has 102 valence electrons. The molecule has 0 bridgehead atoms. The van der Waals surface area contributed by atoms with Gasteiger partial charge in [-0.15, -0.1) is 0 Å². The smallest absolute Gasteiger partial charge is 0.182 e. The Kier molecular flexibility index (Phi) is 3.67. The standard InChI is InChI=1S/C14H9BrCl2N2S/c1-7-3-2-4-9-13(7)19(14(20)18-9)10-6-5-8(15)11(16)12(10)17/h2-6H,1H3,(H,18,20). The molecule has 3 rings (SSSR count). The van der Waals surface area contributed by atoms with Crippen molar-refractivity contribution in [3.05, 3.63) is 55.2 Å². The number of aromatic amines is 1. The molecule has 20 heavy (non-hydrogen) atoms. The van der Waals surface area contributed by atoms with Crippen molar-refractivity contribution >= 4 is 62.4 Å². The van der Waals surface area contributed by atoms with E-state index in [1.807, 2.05) is 41.8 Å². The van der Waals surface area contributed by atoms with Crippen LogP contribution in [0.15, 0.2) is 34.8 Å². The molecule has 1 N–H and O–H groups in total. The number of aromatic nitrogens is 2. The lowest BCUT2D eigenvalue weighted by Crippen LogP contribution is -1.97. The fourth-order valence-electron chi connectivity index (χ4n) is 2.25. The van der Waals surface area contributed by atoms with Crippen LogP contribution >= 0.6 is 51.3 Å². The number of benzene rings is 2. The normalized spacial score (nSPS) is 11.2. The Morgan fingerprint density at radius 3 is 2.65 bits per heavy atom. The molecular formula is C14H9BrCl2N2S. The third kappa shape index (κ3) is 2.11. The van der Waals surface area contributed by atoms with Gasteiger partial charge in [-0.2, -0.15) is 0 Å². The van der Waals surface area contributed by atoms with Crippen LogP contribution in [-0.2, 0) is 0 Å². The maximum atomic E-state index is 6.37. The first-order valence-electron chi connectivity index (χ1n) is 5.85. The number of imidazole rings is 1. The topological polar surface area (TPSA) is 20.7 Å². The zero-order chi connectivity index (χ0) is 14.4. The van der Waals surface area contributed by atoms with Gasteiger partial charge in [-0.25, -0.2) is 0 Å². The van der Waals surface area contributed by atoms with Gasteiger partial charge >= 0.3 is 0 Å². The van der Waals surface area contributed by atoms with Crippen LogP contribution in [0.1, 0.15) is 5.56 Å². The summed E-state index contributed by atoms with van der Waals surface area (Å²) < 4.78 is 3.27. The van der Waals surface area contributed by atoms with E-state index < -0.39 is 0 Å². The lowest BCUT2D eigenvalue weighted by atomic mass is 10.2. The summed E-state index contributed by atoms with van der Waals surface area (Å²) in [7, 11) is 0. The summed E-state index contributed by atoms with van der Waals surface area (Å²) in [4.78, 5) is 3.19. The second kappa shape index (κ2) is 5.19. The van der Waals surface area contributed by atoms with Gasteiger partial charge in [-0.05, 0) is 58.8 Å². The second-order valence-electron chi connectivity index (χ2n) is 4.43. The second-order valence-corrected chi connectivity index (χ2v) is 6.43. The quantitative estimate of drug-likeness (QED) is 0.397. The molecule has 0 saturated carbocycles. The van der Waals surface area contributed by atoms with E-state index in [2.05, 4.69) is 20.9 Å². The molecule has 0 unspecified atom stereocenters. The Balaban J connectivity index is 2.45. The van der Waals surface area contributed by atoms with Gasteiger partial charge in [0.2, 0.25) is 0 Å². The van der Waals surface area contributed by atoms with Gasteiger partial charge in [-0.3, -0.25) is 4.57 Å². The molecule has 2 aromatic carbocycles. The van der Waals surface area contributed by atoms with Gasteiger partial charge in [0, 0.05) is 4.47 Å². The summed E-state index contributed by atoms with van der Waals surface area (Å²) in [6, 6.07) is 9.78. The van der Waals surface area contributed by atoms with Gasteiger partial charge < -0.3 is 4.98 Å². The summed E-state index contributed by atoms with van der Waals surface area (Å²) in [5, 5.41) is 0.954. The van der Waals surface area contributed by atoms with Crippen molar-refractivity contribution in [1.29, 1.82) is 0 Å². The first-order chi connectivity index (χ1) is 9.50. The first kappa shape index (κ1) is 14.1. The van der Waals surface area contributed by atoms with Crippen LogP contribution in [0.5, 0.6) is 0 Å². The van der Waals surface area contributed by atoms with E-state index in [1.165, 1.54) is 0 Å². The van der Waals surface area contributed by atoms with E-state index in [0.29, 0.717) is 14.8 Å². The fourth-order valence-corrected chi connectivity index (χ4v) is 3.40. The van der Waals surface area contributed by atoms with Crippen LogP contribution in [0.2, 0.25) is 10.0 Å². The monoisotopic (exact) mass is 386 g/mol. The molecule has 3 aromatic rings. The summed E-state index contributed by atoms with van der Waals surface area (Å²) in [5.74, 6) is 0. The average molecular weight is 388 g/mol. The Bertz CT molecular complexity index is 883. The molecule has 0 spiro atoms. The number of nitrogens with one attached hydrogen (secondary N) is 1. The van der Waals surface area contributed by atoms with Crippen molar-refractivity contribution in [1.82, 2.24) is 9.55 Å². The Morgan fingerprint density at radius 1 is 1.15 bits per heavy atom. The van der Waals surface area contributed by atoms with Crippen molar-refractivity contribution in [2.75, 3.05) is 0 Å². The van der Waals surface area contributed by atoms with Crippen LogP contribution in [-0.4, -0.2) is 9.55 Å². The highest BCUT2D eigenvalue weighted by Gasteiger charge is 2.14. The van der Waals surface area contributed by atoms with Crippen molar-refractivity contribution in [2.24, 2.45) is 0 Å². The Labute approximate surface area is 139 Å². The van der Waals surface area contributed by atoms with Crippen LogP contribution in [0, 0.1) is 11.7 Å². The predicted octanol–water partition coefficient (Wildman–Crippen LogP) is 6.07. The number of hydrogen-bond acceptors (Lipinski definition) is 1. The minimum atomic E-state index is 0.473.